The highest BCUT2D eigenvalue weighted by atomic mass is 79.9. The van der Waals surface area contributed by atoms with Crippen LogP contribution in [-0.4, -0.2) is 7.05 Å². The average Bonchev–Trinajstić information content (AvgIpc) is 2.69. The van der Waals surface area contributed by atoms with Crippen molar-refractivity contribution in [3.8, 4) is 0 Å². The molecule has 2 aromatic rings. The summed E-state index contributed by atoms with van der Waals surface area (Å²) in [7, 11) is 2.00. The predicted octanol–water partition coefficient (Wildman–Crippen LogP) is 5.88. The van der Waals surface area contributed by atoms with Gasteiger partial charge in [-0.15, -0.1) is 11.3 Å². The van der Waals surface area contributed by atoms with Crippen molar-refractivity contribution >= 4 is 43.2 Å². The molecule has 108 valence electrons. The van der Waals surface area contributed by atoms with E-state index in [4.69, 9.17) is 0 Å². The molecular formula is C16H19Br2NS. The first-order valence-corrected chi connectivity index (χ1v) is 8.95. The van der Waals surface area contributed by atoms with E-state index in [2.05, 4.69) is 88.3 Å². The van der Waals surface area contributed by atoms with Crippen molar-refractivity contribution in [2.75, 3.05) is 7.05 Å². The zero-order valence-corrected chi connectivity index (χ0v) is 16.1. The molecule has 1 aromatic carbocycles. The fraction of sp³-hybridized carbons (Fsp3) is 0.375. The van der Waals surface area contributed by atoms with Gasteiger partial charge < -0.3 is 5.32 Å². The Morgan fingerprint density at radius 1 is 1.10 bits per heavy atom. The number of nitrogens with one attached hydrogen (secondary N) is 1. The summed E-state index contributed by atoms with van der Waals surface area (Å²) < 4.78 is 2.31. The second-order valence-electron chi connectivity index (χ2n) is 5.87. The highest BCUT2D eigenvalue weighted by Gasteiger charge is 2.19. The van der Waals surface area contributed by atoms with Crippen molar-refractivity contribution in [3.63, 3.8) is 0 Å². The molecule has 0 amide bonds. The molecule has 0 aliphatic heterocycles. The summed E-state index contributed by atoms with van der Waals surface area (Å²) in [6.45, 7) is 6.72. The fourth-order valence-corrected chi connectivity index (χ4v) is 5.13. The SMILES string of the molecule is CNC(c1ccc(C(C)(C)C)cc1)c1cc(Br)sc1Br. The second kappa shape index (κ2) is 6.30. The molecule has 4 heteroatoms. The molecule has 1 nitrogen and oxygen atoms in total. The maximum absolute atomic E-state index is 3.65. The molecule has 0 aliphatic rings. The van der Waals surface area contributed by atoms with Gasteiger partial charge in [0.05, 0.1) is 13.6 Å². The van der Waals surface area contributed by atoms with E-state index in [1.165, 1.54) is 20.5 Å². The molecule has 0 bridgehead atoms. The largest absolute Gasteiger partial charge is 0.309 e. The lowest BCUT2D eigenvalue weighted by Gasteiger charge is -2.21. The highest BCUT2D eigenvalue weighted by Crippen LogP contribution is 2.38. The number of benzene rings is 1. The summed E-state index contributed by atoms with van der Waals surface area (Å²) in [5, 5.41) is 3.40. The molecule has 1 N–H and O–H groups in total. The smallest absolute Gasteiger partial charge is 0.0761 e. The van der Waals surface area contributed by atoms with Crippen LogP contribution in [-0.2, 0) is 5.41 Å². The van der Waals surface area contributed by atoms with Crippen molar-refractivity contribution in [1.29, 1.82) is 0 Å². The summed E-state index contributed by atoms with van der Waals surface area (Å²) in [6, 6.07) is 11.3. The van der Waals surface area contributed by atoms with Crippen LogP contribution in [0.25, 0.3) is 0 Å². The predicted molar refractivity (Wildman–Crippen MR) is 95.8 cm³/mol. The van der Waals surface area contributed by atoms with Crippen LogP contribution in [0.15, 0.2) is 37.9 Å². The quantitative estimate of drug-likeness (QED) is 0.658. The third-order valence-corrected chi connectivity index (χ3v) is 5.78. The minimum Gasteiger partial charge on any atom is -0.309 e. The third-order valence-electron chi connectivity index (χ3n) is 3.39. The molecule has 0 spiro atoms. The topological polar surface area (TPSA) is 12.0 Å². The van der Waals surface area contributed by atoms with Crippen LogP contribution in [0, 0.1) is 0 Å². The monoisotopic (exact) mass is 415 g/mol. The van der Waals surface area contributed by atoms with Gasteiger partial charge in [-0.2, -0.15) is 0 Å². The van der Waals surface area contributed by atoms with Gasteiger partial charge in [0.1, 0.15) is 0 Å². The van der Waals surface area contributed by atoms with Crippen LogP contribution in [0.2, 0.25) is 0 Å². The Labute approximate surface area is 142 Å². The fourth-order valence-electron chi connectivity index (χ4n) is 2.23. The lowest BCUT2D eigenvalue weighted by Crippen LogP contribution is -2.18. The van der Waals surface area contributed by atoms with E-state index in [0.717, 1.165) is 3.79 Å². The zero-order chi connectivity index (χ0) is 14.9. The normalized spacial score (nSPS) is 13.5. The maximum Gasteiger partial charge on any atom is 0.0761 e. The van der Waals surface area contributed by atoms with E-state index in [1.54, 1.807) is 11.3 Å². The summed E-state index contributed by atoms with van der Waals surface area (Å²) >= 11 is 8.91. The van der Waals surface area contributed by atoms with Crippen molar-refractivity contribution in [2.24, 2.45) is 0 Å². The highest BCUT2D eigenvalue weighted by molar-refractivity contribution is 9.12. The number of thiophene rings is 1. The van der Waals surface area contributed by atoms with Crippen molar-refractivity contribution in [2.45, 2.75) is 32.2 Å². The van der Waals surface area contributed by atoms with Gasteiger partial charge in [-0.1, -0.05) is 45.0 Å². The molecule has 2 rings (SSSR count). The Balaban J connectivity index is 2.35. The molecule has 20 heavy (non-hydrogen) atoms. The summed E-state index contributed by atoms with van der Waals surface area (Å²) in [6.07, 6.45) is 0. The molecule has 0 saturated carbocycles. The van der Waals surface area contributed by atoms with E-state index in [-0.39, 0.29) is 11.5 Å². The molecule has 1 unspecified atom stereocenters. The molecule has 1 atom stereocenters. The molecule has 0 aliphatic carbocycles. The number of hydrogen-bond donors (Lipinski definition) is 1. The standard InChI is InChI=1S/C16H19Br2NS/c1-16(2,3)11-7-5-10(6-8-11)14(19-4)12-9-13(17)20-15(12)18/h5-9,14,19H,1-4H3. The Morgan fingerprint density at radius 2 is 1.70 bits per heavy atom. The van der Waals surface area contributed by atoms with Gasteiger partial charge in [-0.25, -0.2) is 0 Å². The molecule has 1 aromatic heterocycles. The van der Waals surface area contributed by atoms with Crippen LogP contribution < -0.4 is 5.32 Å². The van der Waals surface area contributed by atoms with E-state index in [1.807, 2.05) is 7.05 Å². The summed E-state index contributed by atoms with van der Waals surface area (Å²) in [5.74, 6) is 0. The van der Waals surface area contributed by atoms with Crippen molar-refractivity contribution in [1.82, 2.24) is 5.32 Å². The van der Waals surface area contributed by atoms with E-state index < -0.39 is 0 Å². The minimum absolute atomic E-state index is 0.194. The van der Waals surface area contributed by atoms with Gasteiger partial charge in [0.25, 0.3) is 0 Å². The summed E-state index contributed by atoms with van der Waals surface area (Å²) in [4.78, 5) is 0. The number of halogens is 2. The first kappa shape index (κ1) is 16.2. The van der Waals surface area contributed by atoms with Gasteiger partial charge in [0, 0.05) is 0 Å². The Hall–Kier alpha value is -0.160. The van der Waals surface area contributed by atoms with Crippen LogP contribution in [0.4, 0.5) is 0 Å². The first-order valence-electron chi connectivity index (χ1n) is 6.55. The molecule has 0 radical (unpaired) electrons. The second-order valence-corrected chi connectivity index (χ2v) is 9.62. The van der Waals surface area contributed by atoms with Crippen LogP contribution in [0.1, 0.15) is 43.5 Å². The van der Waals surface area contributed by atoms with Gasteiger partial charge in [-0.05, 0) is 67.1 Å². The van der Waals surface area contributed by atoms with Gasteiger partial charge in [0.15, 0.2) is 0 Å². The van der Waals surface area contributed by atoms with Gasteiger partial charge >= 0.3 is 0 Å². The lowest BCUT2D eigenvalue weighted by molar-refractivity contribution is 0.589. The maximum atomic E-state index is 3.65. The van der Waals surface area contributed by atoms with Gasteiger partial charge in [-0.3, -0.25) is 0 Å². The number of rotatable bonds is 3. The average molecular weight is 417 g/mol. The zero-order valence-electron chi connectivity index (χ0n) is 12.1. The van der Waals surface area contributed by atoms with E-state index in [9.17, 15) is 0 Å². The molecule has 1 heterocycles. The first-order chi connectivity index (χ1) is 9.32. The Morgan fingerprint density at radius 3 is 2.10 bits per heavy atom. The molecular weight excluding hydrogens is 398 g/mol. The van der Waals surface area contributed by atoms with E-state index in [0.29, 0.717) is 0 Å². The van der Waals surface area contributed by atoms with E-state index >= 15 is 0 Å². The van der Waals surface area contributed by atoms with Gasteiger partial charge in [0.2, 0.25) is 0 Å². The lowest BCUT2D eigenvalue weighted by atomic mass is 9.86. The van der Waals surface area contributed by atoms with Crippen molar-refractivity contribution in [3.05, 3.63) is 54.6 Å². The van der Waals surface area contributed by atoms with Crippen molar-refractivity contribution < 1.29 is 0 Å². The minimum atomic E-state index is 0.194. The van der Waals surface area contributed by atoms with Crippen LogP contribution in [0.3, 0.4) is 0 Å². The molecule has 0 saturated heterocycles. The third kappa shape index (κ3) is 3.53. The summed E-state index contributed by atoms with van der Waals surface area (Å²) in [5.41, 5.74) is 4.11. The van der Waals surface area contributed by atoms with Crippen LogP contribution in [0.5, 0.6) is 0 Å². The Kier molecular flexibility index (Phi) is 5.11. The van der Waals surface area contributed by atoms with Crippen LogP contribution >= 0.6 is 43.2 Å². The Bertz CT molecular complexity index is 582. The molecule has 0 fully saturated rings. The number of hydrogen-bond acceptors (Lipinski definition) is 2.